The van der Waals surface area contributed by atoms with Crippen molar-refractivity contribution in [3.8, 4) is 0 Å². The minimum atomic E-state index is 0. The maximum atomic E-state index is 2.24. The first-order valence-corrected chi connectivity index (χ1v) is 6.65. The molecular formula is C18H26Co-6. The third-order valence-corrected chi connectivity index (χ3v) is 4.36. The summed E-state index contributed by atoms with van der Waals surface area (Å²) < 4.78 is 0. The molecule has 0 saturated carbocycles. The van der Waals surface area contributed by atoms with Crippen LogP contribution >= 0.6 is 0 Å². The molecule has 2 aromatic rings. The topological polar surface area (TPSA) is 0 Å². The molecule has 0 amide bonds. The van der Waals surface area contributed by atoms with Gasteiger partial charge >= 0.3 is 0 Å². The van der Waals surface area contributed by atoms with Crippen LogP contribution in [0.1, 0.15) is 44.5 Å². The van der Waals surface area contributed by atoms with Gasteiger partial charge in [-0.15, -0.1) is 0 Å². The molecule has 0 unspecified atom stereocenters. The first-order chi connectivity index (χ1) is 8.25. The molecule has 0 bridgehead atoms. The van der Waals surface area contributed by atoms with E-state index in [2.05, 4.69) is 67.5 Å². The van der Waals surface area contributed by atoms with Crippen LogP contribution in [0.5, 0.6) is 0 Å². The summed E-state index contributed by atoms with van der Waals surface area (Å²) >= 11 is 0. The Balaban J connectivity index is 0.000000324. The van der Waals surface area contributed by atoms with Crippen molar-refractivity contribution in [2.24, 2.45) is 0 Å². The van der Waals surface area contributed by atoms with Gasteiger partial charge < -0.3 is 28.3 Å². The van der Waals surface area contributed by atoms with Gasteiger partial charge in [0.2, 0.25) is 0 Å². The second kappa shape index (κ2) is 7.11. The van der Waals surface area contributed by atoms with Gasteiger partial charge in [-0.3, -0.25) is 0 Å². The first kappa shape index (κ1) is 18.2. The summed E-state index contributed by atoms with van der Waals surface area (Å²) in [5.41, 5.74) is 11.5. The zero-order valence-corrected chi connectivity index (χ0v) is 14.5. The van der Waals surface area contributed by atoms with E-state index in [1.807, 2.05) is 0 Å². The Kier molecular flexibility index (Phi) is 6.82. The molecule has 113 valence electrons. The van der Waals surface area contributed by atoms with Gasteiger partial charge in [0, 0.05) is 16.8 Å². The van der Waals surface area contributed by atoms with Gasteiger partial charge in [0.15, 0.2) is 0 Å². The summed E-state index contributed by atoms with van der Waals surface area (Å²) in [4.78, 5) is 0. The van der Waals surface area contributed by atoms with Crippen molar-refractivity contribution in [3.05, 3.63) is 56.6 Å². The second-order valence-electron chi connectivity index (χ2n) is 5.52. The van der Waals surface area contributed by atoms with Gasteiger partial charge in [0.1, 0.15) is 0 Å². The molecule has 0 N–H and O–H groups in total. The molecule has 0 aliphatic rings. The van der Waals surface area contributed by atoms with Gasteiger partial charge in [-0.05, 0) is 0 Å². The van der Waals surface area contributed by atoms with Gasteiger partial charge in [-0.2, -0.15) is 22.3 Å². The molecule has 2 rings (SSSR count). The van der Waals surface area contributed by atoms with Crippen LogP contribution in [-0.2, 0) is 16.8 Å². The molecule has 0 nitrogen and oxygen atoms in total. The molecule has 0 heterocycles. The Morgan fingerprint density at radius 3 is 1.37 bits per heavy atom. The molecule has 0 aromatic heterocycles. The predicted octanol–water partition coefficient (Wildman–Crippen LogP) is 5.28. The zero-order chi connectivity index (χ0) is 14.0. The second-order valence-corrected chi connectivity index (χ2v) is 5.52. The average Bonchev–Trinajstić information content (AvgIpc) is 2.66. The molecule has 1 heteroatoms. The van der Waals surface area contributed by atoms with E-state index in [4.69, 9.17) is 0 Å². The van der Waals surface area contributed by atoms with Crippen LogP contribution in [0.2, 0.25) is 0 Å². The van der Waals surface area contributed by atoms with Crippen molar-refractivity contribution in [2.45, 2.75) is 55.4 Å². The van der Waals surface area contributed by atoms with E-state index in [1.54, 1.807) is 0 Å². The van der Waals surface area contributed by atoms with Crippen molar-refractivity contribution in [3.63, 3.8) is 0 Å². The minimum absolute atomic E-state index is 0. The van der Waals surface area contributed by atoms with E-state index >= 15 is 0 Å². The Bertz CT molecular complexity index is 443. The molecule has 0 aliphatic carbocycles. The smallest absolute Gasteiger partial charge is 0 e. The van der Waals surface area contributed by atoms with E-state index in [-0.39, 0.29) is 16.8 Å². The van der Waals surface area contributed by atoms with Crippen LogP contribution in [0.4, 0.5) is 0 Å². The van der Waals surface area contributed by atoms with Gasteiger partial charge in [0.25, 0.3) is 0 Å². The quantitative estimate of drug-likeness (QED) is 0.581. The monoisotopic (exact) mass is 301 g/mol. The normalized spacial score (nSPS) is 9.68. The van der Waals surface area contributed by atoms with Gasteiger partial charge in [0.05, 0.1) is 0 Å². The van der Waals surface area contributed by atoms with Crippen LogP contribution in [-0.4, -0.2) is 0 Å². The minimum Gasteiger partial charge on any atom is -0.743 e. The number of rotatable bonds is 0. The zero-order valence-electron chi connectivity index (χ0n) is 13.5. The van der Waals surface area contributed by atoms with Crippen molar-refractivity contribution in [2.75, 3.05) is 0 Å². The fourth-order valence-electron chi connectivity index (χ4n) is 2.27. The summed E-state index contributed by atoms with van der Waals surface area (Å²) in [6, 6.07) is 4.48. The largest absolute Gasteiger partial charge is 0.743 e. The number of hydrogen-bond acceptors (Lipinski definition) is 0. The van der Waals surface area contributed by atoms with Crippen LogP contribution in [0.15, 0.2) is 12.1 Å². The van der Waals surface area contributed by atoms with E-state index in [1.165, 1.54) is 44.5 Å². The molecule has 1 radical (unpaired) electrons. The van der Waals surface area contributed by atoms with Crippen molar-refractivity contribution in [1.82, 2.24) is 0 Å². The maximum absolute atomic E-state index is 2.24. The molecule has 0 aliphatic heterocycles. The molecule has 2 aromatic carbocycles. The molecule has 0 spiro atoms. The Labute approximate surface area is 129 Å². The Morgan fingerprint density at radius 2 is 1.26 bits per heavy atom. The summed E-state index contributed by atoms with van der Waals surface area (Å²) in [7, 11) is 0. The molecule has 0 atom stereocenters. The maximum Gasteiger partial charge on any atom is 0 e. The summed E-state index contributed by atoms with van der Waals surface area (Å²) in [5.74, 6) is 0. The van der Waals surface area contributed by atoms with Crippen molar-refractivity contribution in [1.29, 1.82) is 0 Å². The molecule has 0 fully saturated rings. The van der Waals surface area contributed by atoms with Crippen LogP contribution < -0.4 is 0 Å². The van der Waals surface area contributed by atoms with E-state index < -0.39 is 0 Å². The average molecular weight is 301 g/mol. The Hall–Kier alpha value is -0.794. The third kappa shape index (κ3) is 4.09. The van der Waals surface area contributed by atoms with Crippen molar-refractivity contribution >= 4 is 0 Å². The van der Waals surface area contributed by atoms with E-state index in [0.29, 0.717) is 0 Å². The van der Waals surface area contributed by atoms with E-state index in [0.717, 1.165) is 0 Å². The fraction of sp³-hybridized carbons (Fsp3) is 0.444. The third-order valence-electron chi connectivity index (χ3n) is 4.36. The Morgan fingerprint density at radius 1 is 0.842 bits per heavy atom. The van der Waals surface area contributed by atoms with Crippen molar-refractivity contribution < 1.29 is 16.8 Å². The predicted molar refractivity (Wildman–Crippen MR) is 82.0 cm³/mol. The molecule has 19 heavy (non-hydrogen) atoms. The summed E-state index contributed by atoms with van der Waals surface area (Å²) in [6.45, 7) is 17.4. The van der Waals surface area contributed by atoms with Gasteiger partial charge in [-0.25, -0.2) is 33.8 Å². The standard InChI is InChI=1S/2C9H13.Co/c2*1-6-5-7(2)9(4)8(6)3;/h2*5H,1-4H3;/q-5;-1;. The van der Waals surface area contributed by atoms with Crippen LogP contribution in [0.3, 0.4) is 0 Å². The molecule has 0 saturated heterocycles. The fourth-order valence-corrected chi connectivity index (χ4v) is 2.27. The SMILES string of the molecule is C[c-]1[cH-][c-](C)[c-](C)[c-]1C.Cc1cc(C)[c-](C)c1C.[Co]. The molecular weight excluding hydrogens is 275 g/mol. The van der Waals surface area contributed by atoms with Crippen LogP contribution in [0, 0.1) is 55.4 Å². The number of aryl methyl sites for hydroxylation is 4. The number of hydrogen-bond donors (Lipinski definition) is 0. The first-order valence-electron chi connectivity index (χ1n) is 6.65. The van der Waals surface area contributed by atoms with E-state index in [9.17, 15) is 0 Å². The van der Waals surface area contributed by atoms with Gasteiger partial charge in [-0.1, -0.05) is 27.7 Å². The summed E-state index contributed by atoms with van der Waals surface area (Å²) in [5, 5.41) is 0. The van der Waals surface area contributed by atoms with Crippen LogP contribution in [0.25, 0.3) is 0 Å². The summed E-state index contributed by atoms with van der Waals surface area (Å²) in [6.07, 6.45) is 0.